The first-order valence-electron chi connectivity index (χ1n) is 14.0. The molecule has 0 spiro atoms. The number of nitrogen functional groups attached to an aromatic ring is 1. The topological polar surface area (TPSA) is 93.0 Å². The molecule has 2 unspecified atom stereocenters. The van der Waals surface area contributed by atoms with Crippen LogP contribution in [0.4, 0.5) is 10.5 Å². The quantitative estimate of drug-likeness (QED) is 0.302. The molecular formula is C32H36N4O4. The summed E-state index contributed by atoms with van der Waals surface area (Å²) in [5.74, 6) is 2.00. The molecule has 1 amide bonds. The number of nitrogens with two attached hydrogens (primary N) is 1. The van der Waals surface area contributed by atoms with Crippen LogP contribution in [0, 0.1) is 0 Å². The molecule has 1 aromatic heterocycles. The summed E-state index contributed by atoms with van der Waals surface area (Å²) in [4.78, 5) is 21.3. The fourth-order valence-corrected chi connectivity index (χ4v) is 5.95. The highest BCUT2D eigenvalue weighted by Gasteiger charge is 2.36. The second-order valence-corrected chi connectivity index (χ2v) is 10.7. The maximum atomic E-state index is 13.6. The number of hydrogen-bond donors (Lipinski definition) is 2. The predicted octanol–water partition coefficient (Wildman–Crippen LogP) is 5.77. The number of amides is 1. The summed E-state index contributed by atoms with van der Waals surface area (Å²) in [6.07, 6.45) is 3.96. The van der Waals surface area contributed by atoms with E-state index in [-0.39, 0.29) is 6.04 Å². The van der Waals surface area contributed by atoms with Gasteiger partial charge >= 0.3 is 6.09 Å². The molecule has 2 aliphatic rings. The number of carbonyl (C=O) groups is 1. The van der Waals surface area contributed by atoms with Crippen molar-refractivity contribution >= 4 is 22.7 Å². The summed E-state index contributed by atoms with van der Waals surface area (Å²) in [5.41, 5.74) is 11.0. The molecule has 2 aliphatic heterocycles. The number of H-pyrrole nitrogens is 1. The summed E-state index contributed by atoms with van der Waals surface area (Å²) < 4.78 is 17.2. The Morgan fingerprint density at radius 1 is 0.975 bits per heavy atom. The summed E-state index contributed by atoms with van der Waals surface area (Å²) in [7, 11) is 3.78. The average Bonchev–Trinajstić information content (AvgIpc) is 3.35. The lowest BCUT2D eigenvalue weighted by Crippen LogP contribution is -2.42. The van der Waals surface area contributed by atoms with Gasteiger partial charge in [-0.15, -0.1) is 0 Å². The van der Waals surface area contributed by atoms with E-state index in [0.29, 0.717) is 37.1 Å². The van der Waals surface area contributed by atoms with Crippen molar-refractivity contribution in [2.45, 2.75) is 37.8 Å². The summed E-state index contributed by atoms with van der Waals surface area (Å²) in [6, 6.07) is 21.1. The number of nitrogens with one attached hydrogen (secondary N) is 1. The van der Waals surface area contributed by atoms with Gasteiger partial charge in [0.15, 0.2) is 0 Å². The lowest BCUT2D eigenvalue weighted by Gasteiger charge is -2.35. The van der Waals surface area contributed by atoms with Crippen molar-refractivity contribution in [3.8, 4) is 17.2 Å². The van der Waals surface area contributed by atoms with E-state index in [2.05, 4.69) is 16.9 Å². The highest BCUT2D eigenvalue weighted by molar-refractivity contribution is 5.88. The fourth-order valence-electron chi connectivity index (χ4n) is 5.95. The lowest BCUT2D eigenvalue weighted by atomic mass is 9.92. The Kier molecular flexibility index (Phi) is 7.26. The smallest absolute Gasteiger partial charge is 0.416 e. The number of methoxy groups -OCH3 is 1. The monoisotopic (exact) mass is 540 g/mol. The van der Waals surface area contributed by atoms with Crippen LogP contribution in [0.1, 0.15) is 42.1 Å². The van der Waals surface area contributed by atoms with E-state index < -0.39 is 6.09 Å². The third kappa shape index (κ3) is 5.19. The second-order valence-electron chi connectivity index (χ2n) is 10.7. The van der Waals surface area contributed by atoms with Crippen molar-refractivity contribution in [3.05, 3.63) is 83.6 Å². The van der Waals surface area contributed by atoms with Crippen LogP contribution in [0.2, 0.25) is 0 Å². The van der Waals surface area contributed by atoms with Crippen LogP contribution in [0.25, 0.3) is 10.9 Å². The largest absolute Gasteiger partial charge is 0.497 e. The molecule has 2 atom stereocenters. The molecule has 1 fully saturated rings. The first-order chi connectivity index (χ1) is 19.5. The Morgan fingerprint density at radius 2 is 1.73 bits per heavy atom. The molecule has 40 heavy (non-hydrogen) atoms. The molecule has 6 rings (SSSR count). The molecule has 0 radical (unpaired) electrons. The minimum absolute atomic E-state index is 0.346. The lowest BCUT2D eigenvalue weighted by molar-refractivity contribution is 0.125. The van der Waals surface area contributed by atoms with Gasteiger partial charge in [0.25, 0.3) is 0 Å². The fraction of sp³-hybridized carbons (Fsp3) is 0.344. The number of likely N-dealkylation sites (N-methyl/N-ethyl adjacent to an activating group) is 1. The van der Waals surface area contributed by atoms with Gasteiger partial charge in [-0.05, 0) is 98.6 Å². The number of aromatic nitrogens is 1. The SMILES string of the molecule is COc1ccc(OC(=O)N2CCc3c([nH]c4ccc(N)cc34)C2c2ccc(OCC3CCCCN3C)cc2)cc1. The number of nitrogens with zero attached hydrogens (tertiary/aromatic N) is 2. The minimum Gasteiger partial charge on any atom is -0.497 e. The number of piperidine rings is 1. The number of ether oxygens (including phenoxy) is 3. The Hall–Kier alpha value is -4.17. The van der Waals surface area contributed by atoms with Gasteiger partial charge in [-0.1, -0.05) is 18.6 Å². The van der Waals surface area contributed by atoms with Crippen LogP contribution in [-0.4, -0.2) is 60.8 Å². The third-order valence-corrected chi connectivity index (χ3v) is 8.21. The van der Waals surface area contributed by atoms with Crippen molar-refractivity contribution in [2.75, 3.05) is 39.6 Å². The van der Waals surface area contributed by atoms with Gasteiger partial charge in [0.2, 0.25) is 0 Å². The van der Waals surface area contributed by atoms with E-state index in [9.17, 15) is 4.79 Å². The van der Waals surface area contributed by atoms with Gasteiger partial charge in [0.05, 0.1) is 7.11 Å². The maximum absolute atomic E-state index is 13.6. The van der Waals surface area contributed by atoms with Crippen molar-refractivity contribution < 1.29 is 19.0 Å². The molecule has 8 nitrogen and oxygen atoms in total. The van der Waals surface area contributed by atoms with Crippen LogP contribution >= 0.6 is 0 Å². The van der Waals surface area contributed by atoms with Gasteiger partial charge in [0.1, 0.15) is 29.9 Å². The number of benzene rings is 3. The Bertz CT molecular complexity index is 1480. The number of fused-ring (bicyclic) bond motifs is 3. The van der Waals surface area contributed by atoms with Crippen LogP contribution in [0.3, 0.4) is 0 Å². The van der Waals surface area contributed by atoms with E-state index >= 15 is 0 Å². The molecule has 1 saturated heterocycles. The zero-order valence-electron chi connectivity index (χ0n) is 23.1. The normalized spacial score (nSPS) is 19.3. The summed E-state index contributed by atoms with van der Waals surface area (Å²) in [5, 5.41) is 1.10. The first-order valence-corrected chi connectivity index (χ1v) is 14.0. The van der Waals surface area contributed by atoms with Crippen molar-refractivity contribution in [1.82, 2.24) is 14.8 Å². The summed E-state index contributed by atoms with van der Waals surface area (Å²) >= 11 is 0. The van der Waals surface area contributed by atoms with Crippen molar-refractivity contribution in [2.24, 2.45) is 0 Å². The van der Waals surface area contributed by atoms with Gasteiger partial charge in [-0.25, -0.2) is 4.79 Å². The van der Waals surface area contributed by atoms with Crippen molar-refractivity contribution in [1.29, 1.82) is 0 Å². The van der Waals surface area contributed by atoms with Crippen LogP contribution in [-0.2, 0) is 6.42 Å². The van der Waals surface area contributed by atoms with Crippen LogP contribution in [0.15, 0.2) is 66.7 Å². The molecule has 3 N–H and O–H groups in total. The Labute approximate surface area is 234 Å². The number of hydrogen-bond acceptors (Lipinski definition) is 6. The number of likely N-dealkylation sites (tertiary alicyclic amines) is 1. The standard InChI is InChI=1S/C32H36N4O4/c1-35-17-4-3-5-23(35)20-39-25-9-6-21(7-10-25)31-30-27(28-19-22(33)8-15-29(28)34-30)16-18-36(31)32(37)40-26-13-11-24(38-2)12-14-26/h6-15,19,23,31,34H,3-5,16-18,20,33H2,1-2H3. The van der Waals surface area contributed by atoms with Crippen LogP contribution < -0.4 is 19.9 Å². The molecule has 0 aliphatic carbocycles. The highest BCUT2D eigenvalue weighted by atomic mass is 16.6. The highest BCUT2D eigenvalue weighted by Crippen LogP contribution is 2.40. The van der Waals surface area contributed by atoms with Gasteiger partial charge in [-0.2, -0.15) is 0 Å². The zero-order chi connectivity index (χ0) is 27.6. The Morgan fingerprint density at radius 3 is 2.48 bits per heavy atom. The average molecular weight is 541 g/mol. The van der Waals surface area contributed by atoms with Crippen LogP contribution in [0.5, 0.6) is 17.2 Å². The maximum Gasteiger partial charge on any atom is 0.416 e. The number of aromatic amines is 1. The molecule has 3 heterocycles. The number of carbonyl (C=O) groups excluding carboxylic acids is 1. The van der Waals surface area contributed by atoms with E-state index in [1.54, 1.807) is 36.3 Å². The van der Waals surface area contributed by atoms with E-state index in [1.807, 2.05) is 42.5 Å². The Balaban J connectivity index is 1.29. The van der Waals surface area contributed by atoms with E-state index in [0.717, 1.165) is 46.6 Å². The van der Waals surface area contributed by atoms with Gasteiger partial charge in [-0.3, -0.25) is 4.90 Å². The number of rotatable bonds is 6. The molecule has 0 saturated carbocycles. The zero-order valence-corrected chi connectivity index (χ0v) is 23.1. The minimum atomic E-state index is -0.403. The van der Waals surface area contributed by atoms with Crippen molar-refractivity contribution in [3.63, 3.8) is 0 Å². The second kappa shape index (κ2) is 11.1. The van der Waals surface area contributed by atoms with Gasteiger partial charge in [0, 0.05) is 34.9 Å². The molecular weight excluding hydrogens is 504 g/mol. The van der Waals surface area contributed by atoms with Gasteiger partial charge < -0.3 is 29.8 Å². The molecule has 3 aromatic carbocycles. The summed E-state index contributed by atoms with van der Waals surface area (Å²) in [6.45, 7) is 2.31. The molecule has 0 bridgehead atoms. The number of anilines is 1. The van der Waals surface area contributed by atoms with E-state index in [4.69, 9.17) is 19.9 Å². The van der Waals surface area contributed by atoms with E-state index in [1.165, 1.54) is 18.4 Å². The molecule has 8 heteroatoms. The molecule has 4 aromatic rings. The predicted molar refractivity (Wildman–Crippen MR) is 156 cm³/mol. The molecule has 208 valence electrons. The third-order valence-electron chi connectivity index (χ3n) is 8.21. The first kappa shape index (κ1) is 26.1.